The lowest BCUT2D eigenvalue weighted by atomic mass is 10.2. The van der Waals surface area contributed by atoms with E-state index in [2.05, 4.69) is 18.0 Å². The van der Waals surface area contributed by atoms with E-state index >= 15 is 0 Å². The molecule has 1 nitrogen and oxygen atoms in total. The molecular weight excluding hydrogens is 218 g/mol. The standard InChI is InChI=1S/C14H12ClN/c1-11-4-2-3-5-14(11)16-10-12-6-8-13(15)9-7-12/h2-10H,1H3. The highest BCUT2D eigenvalue weighted by molar-refractivity contribution is 6.30. The van der Waals surface area contributed by atoms with E-state index < -0.39 is 0 Å². The zero-order valence-corrected chi connectivity index (χ0v) is 9.78. The van der Waals surface area contributed by atoms with Crippen LogP contribution >= 0.6 is 11.6 Å². The zero-order chi connectivity index (χ0) is 11.4. The first-order valence-electron chi connectivity index (χ1n) is 5.11. The summed E-state index contributed by atoms with van der Waals surface area (Å²) in [6.45, 7) is 2.05. The summed E-state index contributed by atoms with van der Waals surface area (Å²) < 4.78 is 0. The van der Waals surface area contributed by atoms with Gasteiger partial charge < -0.3 is 0 Å². The lowest BCUT2D eigenvalue weighted by Gasteiger charge is -1.98. The first kappa shape index (κ1) is 10.9. The molecule has 0 amide bonds. The summed E-state index contributed by atoms with van der Waals surface area (Å²) in [7, 11) is 0. The molecule has 0 N–H and O–H groups in total. The molecule has 16 heavy (non-hydrogen) atoms. The molecule has 0 aromatic heterocycles. The highest BCUT2D eigenvalue weighted by Gasteiger charge is 1.93. The van der Waals surface area contributed by atoms with Crippen LogP contribution in [0.4, 0.5) is 5.69 Å². The van der Waals surface area contributed by atoms with Gasteiger partial charge in [-0.05, 0) is 36.2 Å². The fraction of sp³-hybridized carbons (Fsp3) is 0.0714. The van der Waals surface area contributed by atoms with Crippen molar-refractivity contribution in [1.29, 1.82) is 0 Å². The SMILES string of the molecule is Cc1ccccc1N=Cc1ccc(Cl)cc1. The number of aliphatic imine (C=N–C) groups is 1. The average molecular weight is 230 g/mol. The number of hydrogen-bond acceptors (Lipinski definition) is 1. The zero-order valence-electron chi connectivity index (χ0n) is 9.02. The Morgan fingerprint density at radius 3 is 2.38 bits per heavy atom. The molecule has 2 aromatic carbocycles. The molecule has 0 saturated heterocycles. The normalized spacial score (nSPS) is 10.9. The van der Waals surface area contributed by atoms with Gasteiger partial charge in [0.05, 0.1) is 5.69 Å². The smallest absolute Gasteiger partial charge is 0.0659 e. The van der Waals surface area contributed by atoms with Crippen molar-refractivity contribution >= 4 is 23.5 Å². The highest BCUT2D eigenvalue weighted by Crippen LogP contribution is 2.17. The van der Waals surface area contributed by atoms with Crippen molar-refractivity contribution in [1.82, 2.24) is 0 Å². The van der Waals surface area contributed by atoms with Crippen molar-refractivity contribution in [3.63, 3.8) is 0 Å². The molecular formula is C14H12ClN. The summed E-state index contributed by atoms with van der Waals surface area (Å²) in [5.74, 6) is 0. The Kier molecular flexibility index (Phi) is 3.37. The third-order valence-electron chi connectivity index (χ3n) is 2.34. The van der Waals surface area contributed by atoms with E-state index in [9.17, 15) is 0 Å². The number of para-hydroxylation sites is 1. The van der Waals surface area contributed by atoms with Gasteiger partial charge in [-0.1, -0.05) is 41.9 Å². The van der Waals surface area contributed by atoms with Crippen LogP contribution in [-0.4, -0.2) is 6.21 Å². The minimum atomic E-state index is 0.744. The molecule has 0 aliphatic heterocycles. The molecule has 0 atom stereocenters. The summed E-state index contributed by atoms with van der Waals surface area (Å²) in [6, 6.07) is 15.7. The van der Waals surface area contributed by atoms with Gasteiger partial charge in [0.1, 0.15) is 0 Å². The highest BCUT2D eigenvalue weighted by atomic mass is 35.5. The minimum absolute atomic E-state index is 0.744. The third-order valence-corrected chi connectivity index (χ3v) is 2.59. The van der Waals surface area contributed by atoms with Crippen molar-refractivity contribution in [3.05, 3.63) is 64.7 Å². The molecule has 0 saturated carbocycles. The Balaban J connectivity index is 2.21. The molecule has 2 aromatic rings. The Hall–Kier alpha value is -1.60. The fourth-order valence-corrected chi connectivity index (χ4v) is 1.53. The molecule has 80 valence electrons. The lowest BCUT2D eigenvalue weighted by molar-refractivity contribution is 1.40. The van der Waals surface area contributed by atoms with E-state index in [0.717, 1.165) is 16.3 Å². The predicted molar refractivity (Wildman–Crippen MR) is 69.9 cm³/mol. The van der Waals surface area contributed by atoms with Gasteiger partial charge in [0.15, 0.2) is 0 Å². The van der Waals surface area contributed by atoms with Gasteiger partial charge in [-0.2, -0.15) is 0 Å². The molecule has 0 bridgehead atoms. The Labute approximate surface area is 100 Å². The molecule has 0 unspecified atom stereocenters. The van der Waals surface area contributed by atoms with Gasteiger partial charge in [-0.25, -0.2) is 0 Å². The molecule has 0 heterocycles. The van der Waals surface area contributed by atoms with E-state index in [0.29, 0.717) is 0 Å². The van der Waals surface area contributed by atoms with Crippen LogP contribution in [-0.2, 0) is 0 Å². The summed E-state index contributed by atoms with van der Waals surface area (Å²) in [6.07, 6.45) is 1.85. The first-order valence-corrected chi connectivity index (χ1v) is 5.49. The van der Waals surface area contributed by atoms with Gasteiger partial charge in [-0.15, -0.1) is 0 Å². The number of nitrogens with zero attached hydrogens (tertiary/aromatic N) is 1. The Morgan fingerprint density at radius 2 is 1.69 bits per heavy atom. The Bertz CT molecular complexity index is 500. The fourth-order valence-electron chi connectivity index (χ4n) is 1.40. The maximum Gasteiger partial charge on any atom is 0.0659 e. The minimum Gasteiger partial charge on any atom is -0.256 e. The van der Waals surface area contributed by atoms with Gasteiger partial charge in [0, 0.05) is 11.2 Å². The van der Waals surface area contributed by atoms with E-state index in [4.69, 9.17) is 11.6 Å². The van der Waals surface area contributed by atoms with Gasteiger partial charge >= 0.3 is 0 Å². The van der Waals surface area contributed by atoms with Crippen LogP contribution in [0.5, 0.6) is 0 Å². The van der Waals surface area contributed by atoms with Crippen LogP contribution in [0.25, 0.3) is 0 Å². The van der Waals surface area contributed by atoms with Gasteiger partial charge in [-0.3, -0.25) is 4.99 Å². The van der Waals surface area contributed by atoms with Crippen LogP contribution < -0.4 is 0 Å². The molecule has 2 rings (SSSR count). The second-order valence-corrected chi connectivity index (χ2v) is 4.03. The van der Waals surface area contributed by atoms with Crippen molar-refractivity contribution in [2.45, 2.75) is 6.92 Å². The van der Waals surface area contributed by atoms with Crippen molar-refractivity contribution in [2.24, 2.45) is 4.99 Å². The third kappa shape index (κ3) is 2.71. The van der Waals surface area contributed by atoms with Crippen molar-refractivity contribution in [3.8, 4) is 0 Å². The van der Waals surface area contributed by atoms with Crippen molar-refractivity contribution in [2.75, 3.05) is 0 Å². The van der Waals surface area contributed by atoms with Crippen LogP contribution in [0.2, 0.25) is 5.02 Å². The molecule has 0 radical (unpaired) electrons. The predicted octanol–water partition coefficient (Wildman–Crippen LogP) is 4.40. The molecule has 0 fully saturated rings. The number of rotatable bonds is 2. The number of benzene rings is 2. The van der Waals surface area contributed by atoms with Crippen LogP contribution in [0.3, 0.4) is 0 Å². The Morgan fingerprint density at radius 1 is 1.00 bits per heavy atom. The summed E-state index contributed by atoms with van der Waals surface area (Å²) >= 11 is 5.81. The van der Waals surface area contributed by atoms with Crippen LogP contribution in [0.15, 0.2) is 53.5 Å². The van der Waals surface area contributed by atoms with E-state index in [1.54, 1.807) is 0 Å². The van der Waals surface area contributed by atoms with Gasteiger partial charge in [0.25, 0.3) is 0 Å². The van der Waals surface area contributed by atoms with E-state index in [-0.39, 0.29) is 0 Å². The van der Waals surface area contributed by atoms with E-state index in [1.165, 1.54) is 5.56 Å². The largest absolute Gasteiger partial charge is 0.256 e. The monoisotopic (exact) mass is 229 g/mol. The lowest BCUT2D eigenvalue weighted by Crippen LogP contribution is -1.80. The maximum atomic E-state index is 5.81. The van der Waals surface area contributed by atoms with Gasteiger partial charge in [0.2, 0.25) is 0 Å². The number of aryl methyl sites for hydroxylation is 1. The average Bonchev–Trinajstić information content (AvgIpc) is 2.30. The van der Waals surface area contributed by atoms with E-state index in [1.807, 2.05) is 48.7 Å². The summed E-state index contributed by atoms with van der Waals surface area (Å²) in [4.78, 5) is 4.44. The quantitative estimate of drug-likeness (QED) is 0.677. The topological polar surface area (TPSA) is 12.4 Å². The maximum absolute atomic E-state index is 5.81. The molecule has 0 aliphatic rings. The molecule has 0 spiro atoms. The molecule has 2 heteroatoms. The first-order chi connectivity index (χ1) is 7.75. The van der Waals surface area contributed by atoms with Crippen LogP contribution in [0.1, 0.15) is 11.1 Å². The van der Waals surface area contributed by atoms with Crippen LogP contribution in [0, 0.1) is 6.92 Å². The number of hydrogen-bond donors (Lipinski definition) is 0. The second kappa shape index (κ2) is 4.95. The molecule has 0 aliphatic carbocycles. The summed E-state index contributed by atoms with van der Waals surface area (Å²) in [5, 5.41) is 0.744. The second-order valence-electron chi connectivity index (χ2n) is 3.60. The number of halogens is 1. The van der Waals surface area contributed by atoms with Crippen molar-refractivity contribution < 1.29 is 0 Å². The summed E-state index contributed by atoms with van der Waals surface area (Å²) in [5.41, 5.74) is 3.22.